The minimum atomic E-state index is -0.580. The summed E-state index contributed by atoms with van der Waals surface area (Å²) in [6.45, 7) is 3.99. The van der Waals surface area contributed by atoms with Gasteiger partial charge < -0.3 is 4.74 Å². The maximum Gasteiger partial charge on any atom is 0.412 e. The molecule has 1 N–H and O–H groups in total. The summed E-state index contributed by atoms with van der Waals surface area (Å²) in [4.78, 5) is 10.9. The number of anilines is 1. The standard InChI is InChI=1S/C8H12ClN3O2/c1-6(2)12-4-7(3-10-12)11-8(13)14-5-9/h3-4,6H,5H2,1-2H3,(H,11,13). The van der Waals surface area contributed by atoms with E-state index in [0.29, 0.717) is 5.69 Å². The Labute approximate surface area is 87.0 Å². The van der Waals surface area contributed by atoms with Crippen molar-refractivity contribution in [2.75, 3.05) is 11.4 Å². The number of hydrogen-bond donors (Lipinski definition) is 1. The van der Waals surface area contributed by atoms with Gasteiger partial charge in [0.25, 0.3) is 0 Å². The molecule has 0 aliphatic rings. The number of nitrogens with zero attached hydrogens (tertiary/aromatic N) is 2. The van der Waals surface area contributed by atoms with Gasteiger partial charge in [0.1, 0.15) is 0 Å². The highest BCUT2D eigenvalue weighted by Gasteiger charge is 2.05. The van der Waals surface area contributed by atoms with Crippen LogP contribution >= 0.6 is 11.6 Å². The molecular formula is C8H12ClN3O2. The molecule has 0 saturated carbocycles. The van der Waals surface area contributed by atoms with Crippen molar-refractivity contribution in [1.29, 1.82) is 0 Å². The Morgan fingerprint density at radius 1 is 1.79 bits per heavy atom. The van der Waals surface area contributed by atoms with Gasteiger partial charge >= 0.3 is 6.09 Å². The minimum absolute atomic E-state index is 0.163. The van der Waals surface area contributed by atoms with Gasteiger partial charge in [0.2, 0.25) is 0 Å². The van der Waals surface area contributed by atoms with Crippen molar-refractivity contribution in [2.24, 2.45) is 0 Å². The third-order valence-electron chi connectivity index (χ3n) is 1.56. The van der Waals surface area contributed by atoms with E-state index in [4.69, 9.17) is 11.6 Å². The van der Waals surface area contributed by atoms with Crippen LogP contribution in [0.15, 0.2) is 12.4 Å². The van der Waals surface area contributed by atoms with Crippen LogP contribution in [-0.4, -0.2) is 21.9 Å². The molecular weight excluding hydrogens is 206 g/mol. The molecule has 0 fully saturated rings. The Morgan fingerprint density at radius 3 is 3.00 bits per heavy atom. The fourth-order valence-electron chi connectivity index (χ4n) is 0.888. The van der Waals surface area contributed by atoms with Crippen molar-refractivity contribution in [3.63, 3.8) is 0 Å². The third-order valence-corrected chi connectivity index (χ3v) is 1.67. The summed E-state index contributed by atoms with van der Waals surface area (Å²) in [7, 11) is 0. The van der Waals surface area contributed by atoms with Gasteiger partial charge in [-0.25, -0.2) is 4.79 Å². The maximum atomic E-state index is 10.9. The quantitative estimate of drug-likeness (QED) is 0.790. The fourth-order valence-corrected chi connectivity index (χ4v) is 0.988. The van der Waals surface area contributed by atoms with E-state index >= 15 is 0 Å². The van der Waals surface area contributed by atoms with Gasteiger partial charge in [-0.15, -0.1) is 0 Å². The molecule has 0 aliphatic carbocycles. The monoisotopic (exact) mass is 217 g/mol. The fraction of sp³-hybridized carbons (Fsp3) is 0.500. The zero-order chi connectivity index (χ0) is 10.6. The second kappa shape index (κ2) is 4.85. The zero-order valence-corrected chi connectivity index (χ0v) is 8.78. The molecule has 1 aromatic heterocycles. The minimum Gasteiger partial charge on any atom is -0.433 e. The molecule has 6 heteroatoms. The van der Waals surface area contributed by atoms with E-state index in [1.807, 2.05) is 13.8 Å². The average Bonchev–Trinajstić information content (AvgIpc) is 2.53. The molecule has 0 aliphatic heterocycles. The molecule has 1 heterocycles. The Morgan fingerprint density at radius 2 is 2.50 bits per heavy atom. The van der Waals surface area contributed by atoms with Crippen molar-refractivity contribution in [3.05, 3.63) is 12.4 Å². The number of amides is 1. The Hall–Kier alpha value is -1.23. The van der Waals surface area contributed by atoms with Crippen LogP contribution in [0.25, 0.3) is 0 Å². The number of nitrogens with one attached hydrogen (secondary N) is 1. The van der Waals surface area contributed by atoms with Crippen molar-refractivity contribution >= 4 is 23.4 Å². The second-order valence-electron chi connectivity index (χ2n) is 2.97. The number of halogens is 1. The number of carbonyl (C=O) groups is 1. The first-order valence-corrected chi connectivity index (χ1v) is 4.71. The van der Waals surface area contributed by atoms with Crippen molar-refractivity contribution in [1.82, 2.24) is 9.78 Å². The summed E-state index contributed by atoms with van der Waals surface area (Å²) in [5, 5.41) is 6.53. The maximum absolute atomic E-state index is 10.9. The molecule has 14 heavy (non-hydrogen) atoms. The molecule has 1 aromatic rings. The normalized spacial score (nSPS) is 10.3. The van der Waals surface area contributed by atoms with E-state index in [1.165, 1.54) is 0 Å². The Bertz CT molecular complexity index is 311. The lowest BCUT2D eigenvalue weighted by molar-refractivity contribution is 0.180. The molecule has 0 saturated heterocycles. The highest BCUT2D eigenvalue weighted by molar-refractivity contribution is 6.17. The summed E-state index contributed by atoms with van der Waals surface area (Å²) in [6.07, 6.45) is 2.69. The lowest BCUT2D eigenvalue weighted by Crippen LogP contribution is -2.12. The predicted octanol–water partition coefficient (Wildman–Crippen LogP) is 2.21. The molecule has 0 spiro atoms. The van der Waals surface area contributed by atoms with Gasteiger partial charge in [0.05, 0.1) is 11.9 Å². The molecule has 1 rings (SSSR count). The van der Waals surface area contributed by atoms with Gasteiger partial charge in [-0.3, -0.25) is 10.00 Å². The molecule has 0 unspecified atom stereocenters. The third kappa shape index (κ3) is 2.92. The highest BCUT2D eigenvalue weighted by atomic mass is 35.5. The number of ether oxygens (including phenoxy) is 1. The van der Waals surface area contributed by atoms with Crippen LogP contribution in [-0.2, 0) is 4.74 Å². The Balaban J connectivity index is 2.55. The van der Waals surface area contributed by atoms with E-state index in [0.717, 1.165) is 0 Å². The summed E-state index contributed by atoms with van der Waals surface area (Å²) < 4.78 is 6.23. The van der Waals surface area contributed by atoms with Crippen LogP contribution in [0, 0.1) is 0 Å². The summed E-state index contributed by atoms with van der Waals surface area (Å²) in [6, 6.07) is 0.0963. The number of rotatable bonds is 3. The predicted molar refractivity (Wildman–Crippen MR) is 53.4 cm³/mol. The SMILES string of the molecule is CC(C)n1cc(NC(=O)OCCl)cn1. The van der Waals surface area contributed by atoms with Crippen LogP contribution in [0.5, 0.6) is 0 Å². The van der Waals surface area contributed by atoms with Gasteiger partial charge in [-0.1, -0.05) is 11.6 Å². The highest BCUT2D eigenvalue weighted by Crippen LogP contribution is 2.09. The number of aromatic nitrogens is 2. The number of hydrogen-bond acceptors (Lipinski definition) is 3. The van der Waals surface area contributed by atoms with Gasteiger partial charge in [0, 0.05) is 12.2 Å². The molecule has 5 nitrogen and oxygen atoms in total. The largest absolute Gasteiger partial charge is 0.433 e. The first-order chi connectivity index (χ1) is 6.63. The van der Waals surface area contributed by atoms with E-state index in [9.17, 15) is 4.79 Å². The van der Waals surface area contributed by atoms with Crippen LogP contribution in [0.3, 0.4) is 0 Å². The Kier molecular flexibility index (Phi) is 3.76. The van der Waals surface area contributed by atoms with E-state index in [2.05, 4.69) is 15.2 Å². The second-order valence-corrected chi connectivity index (χ2v) is 3.19. The first kappa shape index (κ1) is 10.8. The van der Waals surface area contributed by atoms with Crippen LogP contribution in [0.4, 0.5) is 10.5 Å². The molecule has 0 radical (unpaired) electrons. The summed E-state index contributed by atoms with van der Waals surface area (Å²) >= 11 is 5.21. The van der Waals surface area contributed by atoms with E-state index < -0.39 is 6.09 Å². The van der Waals surface area contributed by atoms with Gasteiger partial charge in [-0.2, -0.15) is 5.10 Å². The number of alkyl halides is 1. The van der Waals surface area contributed by atoms with Crippen LogP contribution in [0.2, 0.25) is 0 Å². The lowest BCUT2D eigenvalue weighted by atomic mass is 10.4. The van der Waals surface area contributed by atoms with Crippen molar-refractivity contribution in [2.45, 2.75) is 19.9 Å². The van der Waals surface area contributed by atoms with Crippen molar-refractivity contribution in [3.8, 4) is 0 Å². The average molecular weight is 218 g/mol. The molecule has 78 valence electrons. The van der Waals surface area contributed by atoms with Crippen LogP contribution in [0.1, 0.15) is 19.9 Å². The van der Waals surface area contributed by atoms with E-state index in [1.54, 1.807) is 17.1 Å². The summed E-state index contributed by atoms with van der Waals surface area (Å²) in [5.41, 5.74) is 0.591. The molecule has 0 aromatic carbocycles. The molecule has 0 atom stereocenters. The molecule has 0 bridgehead atoms. The lowest BCUT2D eigenvalue weighted by Gasteiger charge is -2.03. The zero-order valence-electron chi connectivity index (χ0n) is 8.03. The van der Waals surface area contributed by atoms with Gasteiger partial charge in [0.15, 0.2) is 6.07 Å². The molecule has 1 amide bonds. The van der Waals surface area contributed by atoms with Crippen LogP contribution < -0.4 is 5.32 Å². The van der Waals surface area contributed by atoms with Gasteiger partial charge in [-0.05, 0) is 13.8 Å². The smallest absolute Gasteiger partial charge is 0.412 e. The van der Waals surface area contributed by atoms with E-state index in [-0.39, 0.29) is 12.1 Å². The summed E-state index contributed by atoms with van der Waals surface area (Å²) in [5.74, 6) is 0. The number of carbonyl (C=O) groups excluding carboxylic acids is 1. The first-order valence-electron chi connectivity index (χ1n) is 4.17. The topological polar surface area (TPSA) is 56.2 Å². The van der Waals surface area contributed by atoms with Crippen molar-refractivity contribution < 1.29 is 9.53 Å².